The first-order valence-electron chi connectivity index (χ1n) is 15.6. The lowest BCUT2D eigenvalue weighted by Gasteiger charge is -2.27. The van der Waals surface area contributed by atoms with E-state index in [1.165, 1.54) is 12.8 Å². The number of hydrogen-bond acceptors (Lipinski definition) is 6. The fourth-order valence-corrected chi connectivity index (χ4v) is 6.23. The molecule has 6 rings (SSSR count). The largest absolute Gasteiger partial charge is 0.381 e. The van der Waals surface area contributed by atoms with Crippen LogP contribution in [0, 0.1) is 11.6 Å². The predicted molar refractivity (Wildman–Crippen MR) is 171 cm³/mol. The first-order chi connectivity index (χ1) is 21.9. The number of likely N-dealkylation sites (N-methyl/N-ethyl adjacent to an activating group) is 1. The number of benzene rings is 3. The second kappa shape index (κ2) is 13.9. The van der Waals surface area contributed by atoms with Crippen molar-refractivity contribution in [3.8, 4) is 0 Å². The number of likely N-dealkylation sites (tertiary alicyclic amines) is 1. The molecule has 2 saturated heterocycles. The van der Waals surface area contributed by atoms with Crippen LogP contribution >= 0.6 is 0 Å². The number of fused-ring (bicyclic) bond motifs is 1. The summed E-state index contributed by atoms with van der Waals surface area (Å²) in [7, 11) is 2.07. The van der Waals surface area contributed by atoms with Crippen LogP contribution < -0.4 is 15.5 Å². The maximum absolute atomic E-state index is 14.6. The van der Waals surface area contributed by atoms with Crippen LogP contribution in [0.2, 0.25) is 0 Å². The molecule has 0 saturated carbocycles. The van der Waals surface area contributed by atoms with E-state index in [1.807, 2.05) is 18.2 Å². The molecule has 2 fully saturated rings. The van der Waals surface area contributed by atoms with E-state index in [-0.39, 0.29) is 23.3 Å². The normalized spacial score (nSPS) is 16.6. The number of rotatable bonds is 11. The van der Waals surface area contributed by atoms with Crippen molar-refractivity contribution in [3.05, 3.63) is 82.9 Å². The van der Waals surface area contributed by atoms with Crippen LogP contribution in [0.1, 0.15) is 53.1 Å². The lowest BCUT2D eigenvalue weighted by Crippen LogP contribution is -2.32. The van der Waals surface area contributed by atoms with Crippen LogP contribution in [0.5, 0.6) is 0 Å². The van der Waals surface area contributed by atoms with Crippen molar-refractivity contribution in [2.24, 2.45) is 0 Å². The summed E-state index contributed by atoms with van der Waals surface area (Å²) in [5.74, 6) is -2.44. The predicted octanol–water partition coefficient (Wildman–Crippen LogP) is 6.32. The SMILES string of the molecule is CN(CCN1CCCC1)c1ccc(C(=O)Nc2n[nH]c3ccc(C(CF)c4cc(F)ccc4F)cc23)c(NC2CCOCC2)c1. The van der Waals surface area contributed by atoms with E-state index < -0.39 is 24.2 Å². The second-order valence-corrected chi connectivity index (χ2v) is 11.9. The Morgan fingerprint density at radius 1 is 1.09 bits per heavy atom. The fourth-order valence-electron chi connectivity index (χ4n) is 6.23. The Labute approximate surface area is 260 Å². The maximum Gasteiger partial charge on any atom is 0.258 e. The number of aromatic nitrogens is 2. The Balaban J connectivity index is 1.26. The van der Waals surface area contributed by atoms with E-state index in [0.29, 0.717) is 35.2 Å². The number of alkyl halides is 1. The van der Waals surface area contributed by atoms with Crippen LogP contribution in [-0.4, -0.2) is 80.2 Å². The van der Waals surface area contributed by atoms with Gasteiger partial charge >= 0.3 is 0 Å². The molecule has 0 bridgehead atoms. The minimum Gasteiger partial charge on any atom is -0.381 e. The average molecular weight is 621 g/mol. The van der Waals surface area contributed by atoms with Crippen molar-refractivity contribution in [3.63, 3.8) is 0 Å². The van der Waals surface area contributed by atoms with Gasteiger partial charge in [-0.3, -0.25) is 14.3 Å². The van der Waals surface area contributed by atoms with Crippen molar-refractivity contribution >= 4 is 34.0 Å². The zero-order chi connectivity index (χ0) is 31.3. The molecule has 1 amide bonds. The van der Waals surface area contributed by atoms with Gasteiger partial charge in [-0.05, 0) is 92.9 Å². The molecule has 4 aromatic rings. The van der Waals surface area contributed by atoms with E-state index in [1.54, 1.807) is 18.2 Å². The van der Waals surface area contributed by atoms with E-state index in [4.69, 9.17) is 4.74 Å². The van der Waals surface area contributed by atoms with Gasteiger partial charge in [-0.15, -0.1) is 0 Å². The summed E-state index contributed by atoms with van der Waals surface area (Å²) in [4.78, 5) is 18.5. The highest BCUT2D eigenvalue weighted by Crippen LogP contribution is 2.33. The number of nitrogens with zero attached hydrogens (tertiary/aromatic N) is 3. The smallest absolute Gasteiger partial charge is 0.258 e. The van der Waals surface area contributed by atoms with Gasteiger partial charge in [-0.2, -0.15) is 5.10 Å². The van der Waals surface area contributed by atoms with Crippen LogP contribution in [-0.2, 0) is 4.74 Å². The Morgan fingerprint density at radius 2 is 1.89 bits per heavy atom. The first-order valence-corrected chi connectivity index (χ1v) is 15.6. The molecule has 8 nitrogen and oxygen atoms in total. The number of carbonyl (C=O) groups excluding carboxylic acids is 1. The number of hydrogen-bond donors (Lipinski definition) is 3. The molecule has 3 aromatic carbocycles. The number of carbonyl (C=O) groups is 1. The van der Waals surface area contributed by atoms with Gasteiger partial charge in [0.1, 0.15) is 18.3 Å². The van der Waals surface area contributed by atoms with E-state index in [2.05, 4.69) is 37.7 Å². The molecule has 1 atom stereocenters. The van der Waals surface area contributed by atoms with E-state index >= 15 is 0 Å². The standard InChI is InChI=1S/C34H39F3N6O2/c1-42(14-15-43-12-2-3-13-43)25-6-7-26(32(20-25)38-24-10-16-45-17-11-24)34(44)39-33-28-18-22(4-9-31(28)40-41-33)29(21-35)27-19-23(36)5-8-30(27)37/h4-9,18-20,24,29,38H,2-3,10-17,21H2,1H3,(H2,39,40,41,44). The summed E-state index contributed by atoms with van der Waals surface area (Å²) in [6.45, 7) is 4.55. The van der Waals surface area contributed by atoms with Crippen molar-refractivity contribution in [1.29, 1.82) is 0 Å². The molecule has 0 aliphatic carbocycles. The molecule has 0 radical (unpaired) electrons. The Bertz CT molecular complexity index is 1630. The monoisotopic (exact) mass is 620 g/mol. The van der Waals surface area contributed by atoms with Crippen LogP contribution in [0.25, 0.3) is 10.9 Å². The molecule has 2 aliphatic rings. The fraction of sp³-hybridized carbons (Fsp3) is 0.412. The number of aromatic amines is 1. The van der Waals surface area contributed by atoms with Crippen molar-refractivity contribution in [1.82, 2.24) is 15.1 Å². The van der Waals surface area contributed by atoms with Crippen LogP contribution in [0.3, 0.4) is 0 Å². The van der Waals surface area contributed by atoms with Gasteiger partial charge in [-0.1, -0.05) is 6.07 Å². The Kier molecular flexibility index (Phi) is 9.56. The molecule has 2 aliphatic heterocycles. The summed E-state index contributed by atoms with van der Waals surface area (Å²) in [6, 6.07) is 14.0. The lowest BCUT2D eigenvalue weighted by molar-refractivity contribution is 0.0904. The molecule has 0 spiro atoms. The van der Waals surface area contributed by atoms with Gasteiger partial charge in [0.15, 0.2) is 5.82 Å². The summed E-state index contributed by atoms with van der Waals surface area (Å²) >= 11 is 0. The molecule has 1 unspecified atom stereocenters. The molecule has 11 heteroatoms. The van der Waals surface area contributed by atoms with Gasteiger partial charge in [0, 0.05) is 67.6 Å². The quantitative estimate of drug-likeness (QED) is 0.182. The third-order valence-corrected chi connectivity index (χ3v) is 8.93. The molecular weight excluding hydrogens is 581 g/mol. The molecule has 1 aromatic heterocycles. The number of halogens is 3. The maximum atomic E-state index is 14.6. The third-order valence-electron chi connectivity index (χ3n) is 8.93. The summed E-state index contributed by atoms with van der Waals surface area (Å²) in [5.41, 5.74) is 3.19. The average Bonchev–Trinajstić information content (AvgIpc) is 3.72. The second-order valence-electron chi connectivity index (χ2n) is 11.9. The minimum atomic E-state index is -1.02. The number of amides is 1. The van der Waals surface area contributed by atoms with Crippen molar-refractivity contribution in [2.45, 2.75) is 37.6 Å². The van der Waals surface area contributed by atoms with Gasteiger partial charge in [0.25, 0.3) is 5.91 Å². The third kappa shape index (κ3) is 7.10. The van der Waals surface area contributed by atoms with E-state index in [0.717, 1.165) is 68.6 Å². The van der Waals surface area contributed by atoms with E-state index in [9.17, 15) is 18.0 Å². The highest BCUT2D eigenvalue weighted by atomic mass is 19.1. The topological polar surface area (TPSA) is 85.5 Å². The van der Waals surface area contributed by atoms with Crippen molar-refractivity contribution in [2.75, 3.05) is 68.6 Å². The van der Waals surface area contributed by atoms with Gasteiger partial charge in [0.05, 0.1) is 11.1 Å². The molecule has 45 heavy (non-hydrogen) atoms. The molecule has 3 N–H and O–H groups in total. The lowest BCUT2D eigenvalue weighted by atomic mass is 9.91. The van der Waals surface area contributed by atoms with Crippen LogP contribution in [0.15, 0.2) is 54.6 Å². The van der Waals surface area contributed by atoms with Crippen molar-refractivity contribution < 1.29 is 22.7 Å². The molecule has 238 valence electrons. The zero-order valence-electron chi connectivity index (χ0n) is 25.4. The highest BCUT2D eigenvalue weighted by Gasteiger charge is 2.23. The molecular formula is C34H39F3N6O2. The number of H-pyrrole nitrogens is 1. The number of anilines is 3. The Hall–Kier alpha value is -4.09. The van der Waals surface area contributed by atoms with Gasteiger partial charge in [-0.25, -0.2) is 8.78 Å². The summed E-state index contributed by atoms with van der Waals surface area (Å²) in [6.07, 6.45) is 4.18. The highest BCUT2D eigenvalue weighted by molar-refractivity contribution is 6.11. The van der Waals surface area contributed by atoms with Gasteiger partial charge < -0.3 is 25.2 Å². The first kappa shape index (κ1) is 30.9. The zero-order valence-corrected chi connectivity index (χ0v) is 25.4. The molecule has 3 heterocycles. The van der Waals surface area contributed by atoms with Gasteiger partial charge in [0.2, 0.25) is 0 Å². The Morgan fingerprint density at radius 3 is 2.67 bits per heavy atom. The number of ether oxygens (including phenoxy) is 1. The van der Waals surface area contributed by atoms with Crippen LogP contribution in [0.4, 0.5) is 30.4 Å². The minimum absolute atomic E-state index is 0.0692. The summed E-state index contributed by atoms with van der Waals surface area (Å²) in [5, 5.41) is 14.2. The summed E-state index contributed by atoms with van der Waals surface area (Å²) < 4.78 is 48.3. The number of nitrogens with one attached hydrogen (secondary N) is 3.